The minimum atomic E-state index is -0.273. The van der Waals surface area contributed by atoms with Crippen LogP contribution in [0.25, 0.3) is 16.9 Å². The van der Waals surface area contributed by atoms with Crippen LogP contribution in [0.3, 0.4) is 0 Å². The van der Waals surface area contributed by atoms with Gasteiger partial charge in [-0.3, -0.25) is 0 Å². The summed E-state index contributed by atoms with van der Waals surface area (Å²) >= 11 is 0. The van der Waals surface area contributed by atoms with Gasteiger partial charge in [0.2, 0.25) is 5.95 Å². The van der Waals surface area contributed by atoms with Gasteiger partial charge in [0.1, 0.15) is 5.82 Å². The van der Waals surface area contributed by atoms with E-state index in [9.17, 15) is 4.39 Å². The second-order valence-corrected chi connectivity index (χ2v) is 5.81. The van der Waals surface area contributed by atoms with E-state index in [1.165, 1.54) is 12.1 Å². The van der Waals surface area contributed by atoms with Crippen LogP contribution in [-0.2, 0) is 0 Å². The molecule has 0 aliphatic heterocycles. The lowest BCUT2D eigenvalue weighted by Crippen LogP contribution is -1.97. The summed E-state index contributed by atoms with van der Waals surface area (Å²) in [5.74, 6) is 0.243. The van der Waals surface area contributed by atoms with Crippen LogP contribution < -0.4 is 5.32 Å². The Morgan fingerprint density at radius 3 is 2.50 bits per heavy atom. The SMILES string of the molecule is Cc1nn(-c2ccc(F)cc2)cc1-c1ccnc(Nc2ccccc2)n1. The molecule has 26 heavy (non-hydrogen) atoms. The number of benzene rings is 2. The number of aryl methyl sites for hydroxylation is 1. The maximum atomic E-state index is 13.1. The highest BCUT2D eigenvalue weighted by Crippen LogP contribution is 2.23. The van der Waals surface area contributed by atoms with Crippen molar-refractivity contribution in [3.05, 3.63) is 84.6 Å². The molecule has 0 atom stereocenters. The summed E-state index contributed by atoms with van der Waals surface area (Å²) in [5.41, 5.74) is 4.21. The Hall–Kier alpha value is -3.54. The third-order valence-electron chi connectivity index (χ3n) is 3.95. The third kappa shape index (κ3) is 3.30. The molecule has 0 unspecified atom stereocenters. The first kappa shape index (κ1) is 16.0. The first-order valence-electron chi connectivity index (χ1n) is 8.17. The van der Waals surface area contributed by atoms with Crippen LogP contribution in [-0.4, -0.2) is 19.7 Å². The van der Waals surface area contributed by atoms with Crippen molar-refractivity contribution in [3.63, 3.8) is 0 Å². The molecule has 0 spiro atoms. The average Bonchev–Trinajstić information content (AvgIpc) is 3.05. The predicted molar refractivity (Wildman–Crippen MR) is 99.0 cm³/mol. The van der Waals surface area contributed by atoms with Crippen molar-refractivity contribution in [3.8, 4) is 16.9 Å². The van der Waals surface area contributed by atoms with Gasteiger partial charge in [0.25, 0.3) is 0 Å². The van der Waals surface area contributed by atoms with Gasteiger partial charge in [0.05, 0.1) is 17.1 Å². The zero-order chi connectivity index (χ0) is 17.9. The third-order valence-corrected chi connectivity index (χ3v) is 3.95. The average molecular weight is 345 g/mol. The Morgan fingerprint density at radius 2 is 1.73 bits per heavy atom. The van der Waals surface area contributed by atoms with Gasteiger partial charge < -0.3 is 5.32 Å². The van der Waals surface area contributed by atoms with E-state index < -0.39 is 0 Å². The van der Waals surface area contributed by atoms with Crippen LogP contribution in [0, 0.1) is 12.7 Å². The lowest BCUT2D eigenvalue weighted by atomic mass is 10.2. The molecule has 0 fully saturated rings. The second kappa shape index (κ2) is 6.76. The van der Waals surface area contributed by atoms with E-state index in [0.29, 0.717) is 5.95 Å². The number of halogens is 1. The van der Waals surface area contributed by atoms with Crippen LogP contribution in [0.15, 0.2) is 73.1 Å². The predicted octanol–water partition coefficient (Wildman–Crippen LogP) is 4.52. The number of para-hydroxylation sites is 1. The van der Waals surface area contributed by atoms with Crippen molar-refractivity contribution in [2.75, 3.05) is 5.32 Å². The number of rotatable bonds is 4. The van der Waals surface area contributed by atoms with E-state index in [1.807, 2.05) is 49.5 Å². The van der Waals surface area contributed by atoms with Crippen molar-refractivity contribution in [1.82, 2.24) is 19.7 Å². The first-order valence-corrected chi connectivity index (χ1v) is 8.17. The summed E-state index contributed by atoms with van der Waals surface area (Å²) < 4.78 is 14.8. The number of anilines is 2. The molecule has 0 amide bonds. The van der Waals surface area contributed by atoms with Gasteiger partial charge >= 0.3 is 0 Å². The van der Waals surface area contributed by atoms with Gasteiger partial charge in [0, 0.05) is 23.6 Å². The van der Waals surface area contributed by atoms with E-state index in [0.717, 1.165) is 28.3 Å². The van der Waals surface area contributed by atoms with E-state index in [2.05, 4.69) is 20.4 Å². The smallest absolute Gasteiger partial charge is 0.227 e. The molecule has 0 bridgehead atoms. The Bertz CT molecular complexity index is 1030. The number of nitrogens with zero attached hydrogens (tertiary/aromatic N) is 4. The molecule has 2 heterocycles. The quantitative estimate of drug-likeness (QED) is 0.591. The highest BCUT2D eigenvalue weighted by atomic mass is 19.1. The first-order chi connectivity index (χ1) is 12.7. The molecule has 0 aliphatic rings. The van der Waals surface area contributed by atoms with E-state index >= 15 is 0 Å². The molecular formula is C20H16FN5. The summed E-state index contributed by atoms with van der Waals surface area (Å²) in [6.45, 7) is 1.92. The fraction of sp³-hybridized carbons (Fsp3) is 0.0500. The summed E-state index contributed by atoms with van der Waals surface area (Å²) in [6, 6.07) is 17.8. The van der Waals surface area contributed by atoms with Crippen LogP contribution >= 0.6 is 0 Å². The van der Waals surface area contributed by atoms with Crippen molar-refractivity contribution < 1.29 is 4.39 Å². The number of nitrogens with one attached hydrogen (secondary N) is 1. The zero-order valence-corrected chi connectivity index (χ0v) is 14.1. The molecule has 0 aliphatic carbocycles. The fourth-order valence-corrected chi connectivity index (χ4v) is 2.66. The number of aromatic nitrogens is 4. The lowest BCUT2D eigenvalue weighted by Gasteiger charge is -2.05. The molecular weight excluding hydrogens is 329 g/mol. The Morgan fingerprint density at radius 1 is 0.962 bits per heavy atom. The largest absolute Gasteiger partial charge is 0.324 e. The molecule has 4 aromatic rings. The monoisotopic (exact) mass is 345 g/mol. The van der Waals surface area contributed by atoms with Gasteiger partial charge in [-0.05, 0) is 49.4 Å². The van der Waals surface area contributed by atoms with Gasteiger partial charge in [-0.15, -0.1) is 0 Å². The molecule has 128 valence electrons. The van der Waals surface area contributed by atoms with Crippen molar-refractivity contribution >= 4 is 11.6 Å². The lowest BCUT2D eigenvalue weighted by molar-refractivity contribution is 0.627. The highest BCUT2D eigenvalue weighted by molar-refractivity contribution is 5.64. The molecule has 1 N–H and O–H groups in total. The van der Waals surface area contributed by atoms with Crippen LogP contribution in [0.5, 0.6) is 0 Å². The summed E-state index contributed by atoms with van der Waals surface area (Å²) in [4.78, 5) is 8.86. The highest BCUT2D eigenvalue weighted by Gasteiger charge is 2.11. The Labute approximate surface area is 150 Å². The van der Waals surface area contributed by atoms with Gasteiger partial charge in [-0.2, -0.15) is 5.10 Å². The molecule has 0 saturated heterocycles. The normalized spacial score (nSPS) is 10.7. The molecule has 4 rings (SSSR count). The Balaban J connectivity index is 1.65. The van der Waals surface area contributed by atoms with Crippen molar-refractivity contribution in [2.45, 2.75) is 6.92 Å². The number of hydrogen-bond acceptors (Lipinski definition) is 4. The summed E-state index contributed by atoms with van der Waals surface area (Å²) in [7, 11) is 0. The van der Waals surface area contributed by atoms with E-state index in [4.69, 9.17) is 0 Å². The molecule has 0 radical (unpaired) electrons. The summed E-state index contributed by atoms with van der Waals surface area (Å²) in [5, 5.41) is 7.70. The van der Waals surface area contributed by atoms with Crippen LogP contribution in [0.1, 0.15) is 5.69 Å². The molecule has 2 aromatic carbocycles. The van der Waals surface area contributed by atoms with E-state index in [1.54, 1.807) is 23.0 Å². The topological polar surface area (TPSA) is 55.6 Å². The van der Waals surface area contributed by atoms with Crippen molar-refractivity contribution in [1.29, 1.82) is 0 Å². The van der Waals surface area contributed by atoms with Crippen LogP contribution in [0.4, 0.5) is 16.0 Å². The zero-order valence-electron chi connectivity index (χ0n) is 14.1. The van der Waals surface area contributed by atoms with E-state index in [-0.39, 0.29) is 5.82 Å². The minimum absolute atomic E-state index is 0.273. The Kier molecular flexibility index (Phi) is 4.15. The van der Waals surface area contributed by atoms with Crippen LogP contribution in [0.2, 0.25) is 0 Å². The molecule has 2 aromatic heterocycles. The second-order valence-electron chi connectivity index (χ2n) is 5.81. The fourth-order valence-electron chi connectivity index (χ4n) is 2.66. The molecule has 5 nitrogen and oxygen atoms in total. The van der Waals surface area contributed by atoms with Crippen molar-refractivity contribution in [2.24, 2.45) is 0 Å². The van der Waals surface area contributed by atoms with Gasteiger partial charge in [-0.25, -0.2) is 19.0 Å². The van der Waals surface area contributed by atoms with Gasteiger partial charge in [0.15, 0.2) is 0 Å². The minimum Gasteiger partial charge on any atom is -0.324 e. The summed E-state index contributed by atoms with van der Waals surface area (Å²) in [6.07, 6.45) is 3.60. The molecule has 6 heteroatoms. The maximum absolute atomic E-state index is 13.1. The standard InChI is InChI=1S/C20H16FN5/c1-14-18(13-26(25-14)17-9-7-15(21)8-10-17)19-11-12-22-20(24-19)23-16-5-3-2-4-6-16/h2-13H,1H3,(H,22,23,24). The van der Waals surface area contributed by atoms with Gasteiger partial charge in [-0.1, -0.05) is 18.2 Å². The number of hydrogen-bond donors (Lipinski definition) is 1. The maximum Gasteiger partial charge on any atom is 0.227 e. The molecule has 0 saturated carbocycles.